The second-order valence-corrected chi connectivity index (χ2v) is 6.37. The van der Waals surface area contributed by atoms with E-state index in [0.29, 0.717) is 11.7 Å². The first-order valence-electron chi connectivity index (χ1n) is 5.81. The van der Waals surface area contributed by atoms with E-state index < -0.39 is 10.0 Å². The van der Waals surface area contributed by atoms with Gasteiger partial charge in [-0.25, -0.2) is 4.98 Å². The summed E-state index contributed by atoms with van der Waals surface area (Å²) in [7, 11) is -3.60. The second kappa shape index (κ2) is 3.91. The lowest BCUT2D eigenvalue weighted by atomic mass is 10.2. The molecule has 0 N–H and O–H groups in total. The van der Waals surface area contributed by atoms with Crippen LogP contribution in [0.3, 0.4) is 0 Å². The molecule has 6 heteroatoms. The summed E-state index contributed by atoms with van der Waals surface area (Å²) in [5.41, 5.74) is 0.901. The van der Waals surface area contributed by atoms with Gasteiger partial charge in [0.15, 0.2) is 5.82 Å². The average molecular weight is 263 g/mol. The van der Waals surface area contributed by atoms with E-state index in [0.717, 1.165) is 22.5 Å². The number of hydrogen-bond acceptors (Lipinski definition) is 4. The van der Waals surface area contributed by atoms with Crippen molar-refractivity contribution in [2.24, 2.45) is 0 Å². The molecule has 0 aliphatic heterocycles. The second-order valence-electron chi connectivity index (χ2n) is 4.57. The third kappa shape index (κ3) is 1.92. The Hall–Kier alpha value is -1.69. The van der Waals surface area contributed by atoms with Crippen LogP contribution in [-0.2, 0) is 10.0 Å². The van der Waals surface area contributed by atoms with Crippen molar-refractivity contribution in [2.75, 3.05) is 0 Å². The lowest BCUT2D eigenvalue weighted by molar-refractivity contribution is 0.579. The van der Waals surface area contributed by atoms with Crippen LogP contribution in [-0.4, -0.2) is 22.6 Å². The fraction of sp³-hybridized carbons (Fsp3) is 0.333. The van der Waals surface area contributed by atoms with E-state index in [1.54, 1.807) is 18.2 Å². The summed E-state index contributed by atoms with van der Waals surface area (Å²) < 4.78 is 25.6. The summed E-state index contributed by atoms with van der Waals surface area (Å²) in [6.45, 7) is 1.86. The van der Waals surface area contributed by atoms with Crippen molar-refractivity contribution < 1.29 is 8.42 Å². The standard InChI is InChI=1S/C12H13N3O2S/c1-9-3-2-4-11(7-9)18(16,17)15-8-13-12(14-15)10-5-6-10/h2-4,7-8,10H,5-6H2,1H3. The van der Waals surface area contributed by atoms with Crippen LogP contribution >= 0.6 is 0 Å². The molecule has 1 heterocycles. The molecule has 0 bridgehead atoms. The molecule has 1 aliphatic rings. The Morgan fingerprint density at radius 2 is 2.11 bits per heavy atom. The molecule has 0 spiro atoms. The van der Waals surface area contributed by atoms with Gasteiger partial charge in [-0.15, -0.1) is 9.19 Å². The van der Waals surface area contributed by atoms with Crippen LogP contribution in [0.5, 0.6) is 0 Å². The summed E-state index contributed by atoms with van der Waals surface area (Å²) in [4.78, 5) is 4.31. The molecule has 94 valence electrons. The van der Waals surface area contributed by atoms with Gasteiger partial charge in [0.1, 0.15) is 6.33 Å². The summed E-state index contributed by atoms with van der Waals surface area (Å²) in [5.74, 6) is 0.977. The van der Waals surface area contributed by atoms with E-state index in [4.69, 9.17) is 0 Å². The Bertz CT molecular complexity index is 687. The minimum absolute atomic E-state index is 0.245. The highest BCUT2D eigenvalue weighted by atomic mass is 32.2. The van der Waals surface area contributed by atoms with Crippen LogP contribution in [0.1, 0.15) is 30.1 Å². The van der Waals surface area contributed by atoms with Crippen LogP contribution < -0.4 is 0 Å². The SMILES string of the molecule is Cc1cccc(S(=O)(=O)n2cnc(C3CC3)n2)c1. The summed E-state index contributed by atoms with van der Waals surface area (Å²) in [6, 6.07) is 6.78. The molecule has 1 aliphatic carbocycles. The summed E-state index contributed by atoms with van der Waals surface area (Å²) >= 11 is 0. The Balaban J connectivity index is 2.02. The van der Waals surface area contributed by atoms with Gasteiger partial charge in [-0.05, 0) is 37.5 Å². The third-order valence-corrected chi connectivity index (χ3v) is 4.48. The molecule has 0 unspecified atom stereocenters. The van der Waals surface area contributed by atoms with Crippen LogP contribution in [0.25, 0.3) is 0 Å². The molecule has 0 saturated heterocycles. The summed E-state index contributed by atoms with van der Waals surface area (Å²) in [6.07, 6.45) is 3.38. The van der Waals surface area contributed by atoms with E-state index in [9.17, 15) is 8.42 Å². The van der Waals surface area contributed by atoms with Crippen molar-refractivity contribution in [1.29, 1.82) is 0 Å². The van der Waals surface area contributed by atoms with E-state index in [1.165, 1.54) is 6.33 Å². The van der Waals surface area contributed by atoms with Crippen LogP contribution in [0.15, 0.2) is 35.5 Å². The maximum atomic E-state index is 12.3. The molecule has 18 heavy (non-hydrogen) atoms. The van der Waals surface area contributed by atoms with Gasteiger partial charge in [-0.1, -0.05) is 12.1 Å². The van der Waals surface area contributed by atoms with Gasteiger partial charge in [0.25, 0.3) is 10.0 Å². The topological polar surface area (TPSA) is 64.8 Å². The molecule has 1 fully saturated rings. The van der Waals surface area contributed by atoms with Gasteiger partial charge >= 0.3 is 0 Å². The van der Waals surface area contributed by atoms with E-state index in [2.05, 4.69) is 10.1 Å². The molecule has 5 nitrogen and oxygen atoms in total. The van der Waals surface area contributed by atoms with Gasteiger partial charge in [0.2, 0.25) is 0 Å². The van der Waals surface area contributed by atoms with Gasteiger partial charge in [-0.2, -0.15) is 8.42 Å². The Kier molecular flexibility index (Phi) is 2.48. The molecule has 1 saturated carbocycles. The lowest BCUT2D eigenvalue weighted by Gasteiger charge is -2.03. The maximum absolute atomic E-state index is 12.3. The maximum Gasteiger partial charge on any atom is 0.284 e. The number of rotatable bonds is 3. The van der Waals surface area contributed by atoms with Crippen molar-refractivity contribution in [1.82, 2.24) is 14.2 Å². The smallest absolute Gasteiger partial charge is 0.218 e. The minimum Gasteiger partial charge on any atom is -0.218 e. The molecular formula is C12H13N3O2S. The van der Waals surface area contributed by atoms with E-state index in [1.807, 2.05) is 13.0 Å². The predicted molar refractivity (Wildman–Crippen MR) is 65.8 cm³/mol. The Morgan fingerprint density at radius 1 is 1.33 bits per heavy atom. The zero-order chi connectivity index (χ0) is 12.8. The number of aromatic nitrogens is 3. The molecule has 2 aromatic rings. The van der Waals surface area contributed by atoms with Crippen molar-refractivity contribution in [3.8, 4) is 0 Å². The van der Waals surface area contributed by atoms with E-state index in [-0.39, 0.29) is 4.90 Å². The fourth-order valence-corrected chi connectivity index (χ4v) is 2.95. The van der Waals surface area contributed by atoms with Gasteiger partial charge in [0, 0.05) is 5.92 Å². The number of aryl methyl sites for hydroxylation is 1. The molecule has 1 aromatic carbocycles. The van der Waals surface area contributed by atoms with Crippen molar-refractivity contribution in [3.05, 3.63) is 42.0 Å². The highest BCUT2D eigenvalue weighted by Gasteiger charge is 2.29. The molecular weight excluding hydrogens is 250 g/mol. The first-order chi connectivity index (χ1) is 8.57. The highest BCUT2D eigenvalue weighted by Crippen LogP contribution is 2.37. The molecule has 0 amide bonds. The number of benzene rings is 1. The number of nitrogens with zero attached hydrogens (tertiary/aromatic N) is 3. The molecule has 0 atom stereocenters. The van der Waals surface area contributed by atoms with Gasteiger partial charge in [0.05, 0.1) is 4.90 Å². The summed E-state index contributed by atoms with van der Waals surface area (Å²) in [5, 5.41) is 4.07. The predicted octanol–water partition coefficient (Wildman–Crippen LogP) is 1.70. The van der Waals surface area contributed by atoms with Crippen LogP contribution in [0, 0.1) is 6.92 Å². The Morgan fingerprint density at radius 3 is 2.78 bits per heavy atom. The van der Waals surface area contributed by atoms with E-state index >= 15 is 0 Å². The van der Waals surface area contributed by atoms with Crippen molar-refractivity contribution >= 4 is 10.0 Å². The van der Waals surface area contributed by atoms with Gasteiger partial charge in [-0.3, -0.25) is 0 Å². The van der Waals surface area contributed by atoms with Gasteiger partial charge < -0.3 is 0 Å². The zero-order valence-electron chi connectivity index (χ0n) is 9.94. The highest BCUT2D eigenvalue weighted by molar-refractivity contribution is 7.89. The first kappa shape index (κ1) is 11.4. The average Bonchev–Trinajstić information content (AvgIpc) is 3.06. The van der Waals surface area contributed by atoms with Crippen LogP contribution in [0.2, 0.25) is 0 Å². The molecule has 1 aromatic heterocycles. The Labute approximate surface area is 106 Å². The molecule has 0 radical (unpaired) electrons. The minimum atomic E-state index is -3.60. The quantitative estimate of drug-likeness (QED) is 0.845. The normalized spacial score (nSPS) is 15.8. The van der Waals surface area contributed by atoms with Crippen molar-refractivity contribution in [3.63, 3.8) is 0 Å². The zero-order valence-corrected chi connectivity index (χ0v) is 10.8. The fourth-order valence-electron chi connectivity index (χ4n) is 1.79. The van der Waals surface area contributed by atoms with Crippen LogP contribution in [0.4, 0.5) is 0 Å². The largest absolute Gasteiger partial charge is 0.284 e. The third-order valence-electron chi connectivity index (χ3n) is 2.97. The lowest BCUT2D eigenvalue weighted by Crippen LogP contribution is -2.14. The first-order valence-corrected chi connectivity index (χ1v) is 7.25. The number of hydrogen-bond donors (Lipinski definition) is 0. The monoisotopic (exact) mass is 263 g/mol. The molecule has 3 rings (SSSR count). The van der Waals surface area contributed by atoms with Crippen molar-refractivity contribution in [2.45, 2.75) is 30.6 Å².